The van der Waals surface area contributed by atoms with E-state index in [2.05, 4.69) is 5.32 Å². The van der Waals surface area contributed by atoms with Gasteiger partial charge in [0.05, 0.1) is 16.8 Å². The van der Waals surface area contributed by atoms with E-state index in [0.717, 1.165) is 19.3 Å². The Morgan fingerprint density at radius 3 is 2.03 bits per heavy atom. The van der Waals surface area contributed by atoms with Crippen molar-refractivity contribution in [2.24, 2.45) is 29.6 Å². The molecule has 1 aromatic rings. The van der Waals surface area contributed by atoms with Crippen molar-refractivity contribution in [3.05, 3.63) is 34.4 Å². The number of nitro groups is 1. The van der Waals surface area contributed by atoms with Crippen molar-refractivity contribution in [3.63, 3.8) is 0 Å². The molecule has 4 fully saturated rings. The molecule has 8 heteroatoms. The van der Waals surface area contributed by atoms with E-state index in [9.17, 15) is 24.5 Å². The summed E-state index contributed by atoms with van der Waals surface area (Å²) in [6, 6.07) is 5.69. The van der Waals surface area contributed by atoms with Crippen molar-refractivity contribution in [2.45, 2.75) is 51.0 Å². The van der Waals surface area contributed by atoms with E-state index >= 15 is 0 Å². The van der Waals surface area contributed by atoms with E-state index in [1.807, 2.05) is 0 Å². The Balaban J connectivity index is 1.18. The molecule has 4 atom stereocenters. The van der Waals surface area contributed by atoms with Gasteiger partial charge in [0, 0.05) is 29.8 Å². The van der Waals surface area contributed by atoms with Crippen LogP contribution in [0.3, 0.4) is 0 Å². The normalized spacial score (nSPS) is 34.9. The van der Waals surface area contributed by atoms with Crippen LogP contribution in [0.15, 0.2) is 24.3 Å². The van der Waals surface area contributed by atoms with Crippen LogP contribution in [0.2, 0.25) is 0 Å². The van der Waals surface area contributed by atoms with Gasteiger partial charge in [0.1, 0.15) is 0 Å². The monoisotopic (exact) mass is 411 g/mol. The summed E-state index contributed by atoms with van der Waals surface area (Å²) in [7, 11) is 0. The Morgan fingerprint density at radius 1 is 0.933 bits per heavy atom. The lowest BCUT2D eigenvalue weighted by molar-refractivity contribution is -0.384. The number of hydrogen-bond acceptors (Lipinski definition) is 5. The van der Waals surface area contributed by atoms with E-state index in [0.29, 0.717) is 43.2 Å². The molecule has 5 rings (SSSR count). The number of nitrogens with zero attached hydrogens (tertiary/aromatic N) is 2. The fourth-order valence-electron chi connectivity index (χ4n) is 6.30. The SMILES string of the molecule is O=C(Nc1ccc([N+](=O)[O-])cc1)C1CCC(N2C(=O)C3C4CCC(C4)C3C2=O)CC1. The Bertz CT molecular complexity index is 878. The van der Waals surface area contributed by atoms with Gasteiger partial charge in [-0.25, -0.2) is 0 Å². The quantitative estimate of drug-likeness (QED) is 0.465. The lowest BCUT2D eigenvalue weighted by Crippen LogP contribution is -2.44. The van der Waals surface area contributed by atoms with Crippen molar-refractivity contribution in [1.82, 2.24) is 4.90 Å². The zero-order valence-electron chi connectivity index (χ0n) is 16.7. The minimum absolute atomic E-state index is 0.0216. The van der Waals surface area contributed by atoms with Gasteiger partial charge in [-0.3, -0.25) is 29.4 Å². The summed E-state index contributed by atoms with van der Waals surface area (Å²) < 4.78 is 0. The predicted molar refractivity (Wildman–Crippen MR) is 107 cm³/mol. The molecule has 1 N–H and O–H groups in total. The van der Waals surface area contributed by atoms with Gasteiger partial charge in [0.2, 0.25) is 17.7 Å². The van der Waals surface area contributed by atoms with Crippen LogP contribution in [-0.4, -0.2) is 33.6 Å². The number of likely N-dealkylation sites (tertiary alicyclic amines) is 1. The number of carbonyl (C=O) groups is 3. The molecule has 1 aliphatic heterocycles. The average Bonchev–Trinajstić information content (AvgIpc) is 3.42. The Morgan fingerprint density at radius 2 is 1.50 bits per heavy atom. The molecule has 0 radical (unpaired) electrons. The molecule has 4 aliphatic rings. The molecule has 1 aromatic carbocycles. The van der Waals surface area contributed by atoms with Gasteiger partial charge in [-0.2, -0.15) is 0 Å². The summed E-state index contributed by atoms with van der Waals surface area (Å²) >= 11 is 0. The largest absolute Gasteiger partial charge is 0.326 e. The molecule has 0 aromatic heterocycles. The lowest BCUT2D eigenvalue weighted by atomic mass is 9.81. The summed E-state index contributed by atoms with van der Waals surface area (Å²) in [5, 5.41) is 13.6. The molecule has 3 aliphatic carbocycles. The standard InChI is InChI=1S/C22H25N3O5/c26-20(23-15-5-9-17(10-6-15)25(29)30)12-3-7-16(8-4-12)24-21(27)18-13-1-2-14(11-13)19(18)22(24)28/h5-6,9-10,12-14,16,18-19H,1-4,7-8,11H2,(H,23,26). The van der Waals surface area contributed by atoms with Crippen molar-refractivity contribution in [3.8, 4) is 0 Å². The fraction of sp³-hybridized carbons (Fsp3) is 0.591. The molecule has 1 saturated heterocycles. The number of benzene rings is 1. The number of non-ortho nitro benzene ring substituents is 1. The molecule has 3 saturated carbocycles. The number of nitro benzene ring substituents is 1. The van der Waals surface area contributed by atoms with Crippen LogP contribution in [0.1, 0.15) is 44.9 Å². The third-order valence-electron chi connectivity index (χ3n) is 7.74. The highest BCUT2D eigenvalue weighted by atomic mass is 16.6. The minimum Gasteiger partial charge on any atom is -0.326 e. The summed E-state index contributed by atoms with van der Waals surface area (Å²) in [6.07, 6.45) is 5.76. The molecule has 3 amide bonds. The summed E-state index contributed by atoms with van der Waals surface area (Å²) in [5.74, 6) is 0.400. The van der Waals surface area contributed by atoms with Crippen molar-refractivity contribution >= 4 is 29.1 Å². The third kappa shape index (κ3) is 3.00. The van der Waals surface area contributed by atoms with E-state index in [-0.39, 0.29) is 47.2 Å². The van der Waals surface area contributed by atoms with Gasteiger partial charge < -0.3 is 5.32 Å². The van der Waals surface area contributed by atoms with Crippen LogP contribution < -0.4 is 5.32 Å². The zero-order valence-corrected chi connectivity index (χ0v) is 16.7. The highest BCUT2D eigenvalue weighted by Crippen LogP contribution is 2.56. The van der Waals surface area contributed by atoms with Crippen LogP contribution in [0, 0.1) is 39.7 Å². The first-order valence-electron chi connectivity index (χ1n) is 10.9. The van der Waals surface area contributed by atoms with E-state index in [1.165, 1.54) is 24.3 Å². The Hall–Kier alpha value is -2.77. The molecular formula is C22H25N3O5. The van der Waals surface area contributed by atoms with Crippen molar-refractivity contribution in [2.75, 3.05) is 5.32 Å². The van der Waals surface area contributed by atoms with E-state index in [4.69, 9.17) is 0 Å². The number of anilines is 1. The first-order valence-corrected chi connectivity index (χ1v) is 10.9. The summed E-state index contributed by atoms with van der Waals surface area (Å²) in [6.45, 7) is 0. The van der Waals surface area contributed by atoms with Crippen LogP contribution in [-0.2, 0) is 14.4 Å². The van der Waals surface area contributed by atoms with Gasteiger partial charge in [-0.05, 0) is 68.9 Å². The van der Waals surface area contributed by atoms with Crippen molar-refractivity contribution in [1.29, 1.82) is 0 Å². The second-order valence-corrected chi connectivity index (χ2v) is 9.23. The lowest BCUT2D eigenvalue weighted by Gasteiger charge is -2.33. The number of imide groups is 1. The maximum absolute atomic E-state index is 13.0. The zero-order chi connectivity index (χ0) is 21.0. The highest BCUT2D eigenvalue weighted by Gasteiger charge is 2.61. The second kappa shape index (κ2) is 7.18. The van der Waals surface area contributed by atoms with Crippen molar-refractivity contribution < 1.29 is 19.3 Å². The molecular weight excluding hydrogens is 386 g/mol. The number of carbonyl (C=O) groups excluding carboxylic acids is 3. The van der Waals surface area contributed by atoms with Gasteiger partial charge in [0.15, 0.2) is 0 Å². The summed E-state index contributed by atoms with van der Waals surface area (Å²) in [5.41, 5.74) is 0.507. The average molecular weight is 411 g/mol. The second-order valence-electron chi connectivity index (χ2n) is 9.23. The maximum atomic E-state index is 13.0. The van der Waals surface area contributed by atoms with Crippen LogP contribution in [0.4, 0.5) is 11.4 Å². The Kier molecular flexibility index (Phi) is 4.60. The molecule has 2 bridgehead atoms. The number of rotatable bonds is 4. The molecule has 0 spiro atoms. The first-order chi connectivity index (χ1) is 14.4. The Labute approximate surface area is 174 Å². The highest BCUT2D eigenvalue weighted by molar-refractivity contribution is 6.06. The predicted octanol–water partition coefficient (Wildman–Crippen LogP) is 3.12. The summed E-state index contributed by atoms with van der Waals surface area (Å²) in [4.78, 5) is 50.4. The van der Waals surface area contributed by atoms with Gasteiger partial charge >= 0.3 is 0 Å². The van der Waals surface area contributed by atoms with E-state index < -0.39 is 4.92 Å². The number of fused-ring (bicyclic) bond motifs is 5. The fourth-order valence-corrected chi connectivity index (χ4v) is 6.30. The van der Waals surface area contributed by atoms with E-state index in [1.54, 1.807) is 4.90 Å². The molecule has 1 heterocycles. The van der Waals surface area contributed by atoms with Gasteiger partial charge in [-0.1, -0.05) is 0 Å². The number of hydrogen-bond donors (Lipinski definition) is 1. The van der Waals surface area contributed by atoms with Crippen LogP contribution in [0.25, 0.3) is 0 Å². The smallest absolute Gasteiger partial charge is 0.269 e. The number of amides is 3. The first kappa shape index (κ1) is 19.2. The van der Waals surface area contributed by atoms with Gasteiger partial charge in [0.25, 0.3) is 5.69 Å². The minimum atomic E-state index is -0.479. The molecule has 158 valence electrons. The van der Waals surface area contributed by atoms with Crippen LogP contribution >= 0.6 is 0 Å². The van der Waals surface area contributed by atoms with Gasteiger partial charge in [-0.15, -0.1) is 0 Å². The van der Waals surface area contributed by atoms with Crippen LogP contribution in [0.5, 0.6) is 0 Å². The third-order valence-corrected chi connectivity index (χ3v) is 7.74. The topological polar surface area (TPSA) is 110 Å². The molecule has 4 unspecified atom stereocenters. The molecule has 8 nitrogen and oxygen atoms in total. The molecule has 30 heavy (non-hydrogen) atoms. The number of nitrogens with one attached hydrogen (secondary N) is 1. The maximum Gasteiger partial charge on any atom is 0.269 e.